The monoisotopic (exact) mass is 382 g/mol. The number of hydrogen-bond acceptors (Lipinski definition) is 4. The minimum Gasteiger partial charge on any atom is -0.379 e. The Bertz CT molecular complexity index is 563. The molecule has 0 radical (unpaired) electrons. The Hall–Kier alpha value is -1.34. The average Bonchev–Trinajstić information content (AvgIpc) is 3.18. The van der Waals surface area contributed by atoms with Crippen LogP contribution in [-0.4, -0.2) is 63.1 Å². The van der Waals surface area contributed by atoms with Gasteiger partial charge in [0.25, 0.3) is 0 Å². The smallest absolute Gasteiger partial charge is 0.317 e. The second kappa shape index (κ2) is 10.1. The first kappa shape index (κ1) is 19.4. The minimum atomic E-state index is -0.110. The van der Waals surface area contributed by atoms with Gasteiger partial charge in [0, 0.05) is 31.3 Å². The summed E-state index contributed by atoms with van der Waals surface area (Å²) >= 11 is 5.93. The summed E-state index contributed by atoms with van der Waals surface area (Å²) in [6, 6.07) is 7.53. The lowest BCUT2D eigenvalue weighted by Crippen LogP contribution is -2.47. The maximum atomic E-state index is 12.3. The topological polar surface area (TPSA) is 60.0 Å². The van der Waals surface area contributed by atoms with E-state index in [1.54, 1.807) is 4.90 Å². The van der Waals surface area contributed by atoms with Crippen molar-refractivity contribution in [2.45, 2.75) is 31.5 Å². The molecule has 1 aromatic rings. The molecular formula is C19H27ClN2O4. The fourth-order valence-corrected chi connectivity index (χ4v) is 3.31. The molecule has 2 amide bonds. The first-order valence-electron chi connectivity index (χ1n) is 9.31. The zero-order valence-electron chi connectivity index (χ0n) is 15.0. The molecule has 2 atom stereocenters. The highest BCUT2D eigenvalue weighted by molar-refractivity contribution is 6.30. The lowest BCUT2D eigenvalue weighted by molar-refractivity contribution is -0.0155. The van der Waals surface area contributed by atoms with Crippen LogP contribution in [0.15, 0.2) is 24.3 Å². The van der Waals surface area contributed by atoms with Gasteiger partial charge in [-0.15, -0.1) is 0 Å². The van der Waals surface area contributed by atoms with Crippen molar-refractivity contribution in [1.82, 2.24) is 10.2 Å². The SMILES string of the molecule is O=C(NCCCOCC1CCCO1)N1CCOC(c2ccc(Cl)cc2)C1. The third-order valence-corrected chi connectivity index (χ3v) is 4.92. The molecule has 0 aliphatic carbocycles. The van der Waals surface area contributed by atoms with E-state index in [4.69, 9.17) is 25.8 Å². The lowest BCUT2D eigenvalue weighted by Gasteiger charge is -2.33. The summed E-state index contributed by atoms with van der Waals surface area (Å²) in [6.45, 7) is 4.42. The van der Waals surface area contributed by atoms with E-state index in [0.717, 1.165) is 31.4 Å². The van der Waals surface area contributed by atoms with Gasteiger partial charge in [-0.25, -0.2) is 4.79 Å². The molecule has 2 saturated heterocycles. The van der Waals surface area contributed by atoms with Crippen LogP contribution >= 0.6 is 11.6 Å². The van der Waals surface area contributed by atoms with Crippen LogP contribution in [-0.2, 0) is 14.2 Å². The van der Waals surface area contributed by atoms with Crippen molar-refractivity contribution in [1.29, 1.82) is 0 Å². The Kier molecular flexibility index (Phi) is 7.55. The Labute approximate surface area is 159 Å². The minimum absolute atomic E-state index is 0.0496. The summed E-state index contributed by atoms with van der Waals surface area (Å²) in [5.41, 5.74) is 1.04. The molecule has 2 fully saturated rings. The Balaban J connectivity index is 1.32. The molecule has 0 aromatic heterocycles. The van der Waals surface area contributed by atoms with Gasteiger partial charge in [-0.3, -0.25) is 0 Å². The van der Waals surface area contributed by atoms with Crippen molar-refractivity contribution in [2.75, 3.05) is 46.1 Å². The highest BCUT2D eigenvalue weighted by Crippen LogP contribution is 2.23. The number of urea groups is 1. The standard InChI is InChI=1S/C19H27ClN2O4/c20-16-6-4-15(5-7-16)18-13-22(9-12-26-18)19(23)21-8-2-10-24-14-17-3-1-11-25-17/h4-7,17-18H,1-3,8-14H2,(H,21,23). The van der Waals surface area contributed by atoms with Gasteiger partial charge in [-0.1, -0.05) is 23.7 Å². The normalized spacial score (nSPS) is 23.2. The number of carbonyl (C=O) groups is 1. The number of nitrogens with one attached hydrogen (secondary N) is 1. The van der Waals surface area contributed by atoms with Gasteiger partial charge < -0.3 is 24.4 Å². The fraction of sp³-hybridized carbons (Fsp3) is 0.632. The predicted molar refractivity (Wildman–Crippen MR) is 99.5 cm³/mol. The summed E-state index contributed by atoms with van der Waals surface area (Å²) in [5, 5.41) is 3.66. The first-order chi connectivity index (χ1) is 12.7. The molecule has 0 saturated carbocycles. The summed E-state index contributed by atoms with van der Waals surface area (Å²) in [7, 11) is 0. The van der Waals surface area contributed by atoms with E-state index in [1.165, 1.54) is 0 Å². The predicted octanol–water partition coefficient (Wildman–Crippen LogP) is 3.01. The highest BCUT2D eigenvalue weighted by Gasteiger charge is 2.25. The van der Waals surface area contributed by atoms with Crippen LogP contribution in [0.1, 0.15) is 30.9 Å². The number of ether oxygens (including phenoxy) is 3. The van der Waals surface area contributed by atoms with Crippen LogP contribution in [0.25, 0.3) is 0 Å². The van der Waals surface area contributed by atoms with Crippen LogP contribution in [0.2, 0.25) is 5.02 Å². The summed E-state index contributed by atoms with van der Waals surface area (Å²) in [5.74, 6) is 0. The molecule has 1 aromatic carbocycles. The van der Waals surface area contributed by atoms with Crippen LogP contribution in [0.3, 0.4) is 0 Å². The van der Waals surface area contributed by atoms with E-state index in [-0.39, 0.29) is 18.2 Å². The quantitative estimate of drug-likeness (QED) is 0.736. The van der Waals surface area contributed by atoms with E-state index in [2.05, 4.69) is 5.32 Å². The second-order valence-corrected chi connectivity index (χ2v) is 7.09. The van der Waals surface area contributed by atoms with Gasteiger partial charge in [-0.05, 0) is 37.0 Å². The molecule has 26 heavy (non-hydrogen) atoms. The molecule has 0 spiro atoms. The number of carbonyl (C=O) groups excluding carboxylic acids is 1. The summed E-state index contributed by atoms with van der Waals surface area (Å²) in [6.07, 6.45) is 3.15. The largest absolute Gasteiger partial charge is 0.379 e. The van der Waals surface area contributed by atoms with E-state index in [0.29, 0.717) is 44.5 Å². The molecule has 3 rings (SSSR count). The molecular weight excluding hydrogens is 356 g/mol. The molecule has 2 aliphatic rings. The Morgan fingerprint density at radius 2 is 2.12 bits per heavy atom. The number of rotatable bonds is 7. The maximum Gasteiger partial charge on any atom is 0.317 e. The van der Waals surface area contributed by atoms with Gasteiger partial charge in [0.2, 0.25) is 0 Å². The average molecular weight is 383 g/mol. The summed E-state index contributed by atoms with van der Waals surface area (Å²) in [4.78, 5) is 14.1. The van der Waals surface area contributed by atoms with Gasteiger partial charge in [-0.2, -0.15) is 0 Å². The molecule has 2 aliphatic heterocycles. The van der Waals surface area contributed by atoms with Crippen molar-refractivity contribution in [3.63, 3.8) is 0 Å². The maximum absolute atomic E-state index is 12.3. The van der Waals surface area contributed by atoms with E-state index < -0.39 is 0 Å². The molecule has 6 nitrogen and oxygen atoms in total. The third kappa shape index (κ3) is 5.84. The van der Waals surface area contributed by atoms with Crippen molar-refractivity contribution in [3.8, 4) is 0 Å². The van der Waals surface area contributed by atoms with Crippen molar-refractivity contribution in [3.05, 3.63) is 34.9 Å². The molecule has 1 N–H and O–H groups in total. The molecule has 2 unspecified atom stereocenters. The van der Waals surface area contributed by atoms with Gasteiger partial charge in [0.05, 0.1) is 25.9 Å². The van der Waals surface area contributed by atoms with E-state index in [1.807, 2.05) is 24.3 Å². The van der Waals surface area contributed by atoms with Gasteiger partial charge in [0.15, 0.2) is 0 Å². The number of morpholine rings is 1. The highest BCUT2D eigenvalue weighted by atomic mass is 35.5. The fourth-order valence-electron chi connectivity index (χ4n) is 3.18. The third-order valence-electron chi connectivity index (χ3n) is 4.66. The van der Waals surface area contributed by atoms with Crippen LogP contribution in [0.4, 0.5) is 4.79 Å². The van der Waals surface area contributed by atoms with Crippen molar-refractivity contribution < 1.29 is 19.0 Å². The van der Waals surface area contributed by atoms with E-state index >= 15 is 0 Å². The molecule has 144 valence electrons. The zero-order valence-corrected chi connectivity index (χ0v) is 15.7. The first-order valence-corrected chi connectivity index (χ1v) is 9.69. The Morgan fingerprint density at radius 3 is 2.88 bits per heavy atom. The Morgan fingerprint density at radius 1 is 1.27 bits per heavy atom. The van der Waals surface area contributed by atoms with Crippen LogP contribution in [0, 0.1) is 0 Å². The molecule has 0 bridgehead atoms. The molecule has 7 heteroatoms. The van der Waals surface area contributed by atoms with Crippen LogP contribution < -0.4 is 5.32 Å². The van der Waals surface area contributed by atoms with Crippen molar-refractivity contribution >= 4 is 17.6 Å². The molecule has 2 heterocycles. The lowest BCUT2D eigenvalue weighted by atomic mass is 10.1. The van der Waals surface area contributed by atoms with Crippen molar-refractivity contribution in [2.24, 2.45) is 0 Å². The van der Waals surface area contributed by atoms with E-state index in [9.17, 15) is 4.79 Å². The second-order valence-electron chi connectivity index (χ2n) is 6.65. The number of hydrogen-bond donors (Lipinski definition) is 1. The number of amides is 2. The number of benzene rings is 1. The van der Waals surface area contributed by atoms with Crippen LogP contribution in [0.5, 0.6) is 0 Å². The summed E-state index contributed by atoms with van der Waals surface area (Å²) < 4.78 is 16.9. The number of halogens is 1. The number of nitrogens with zero attached hydrogens (tertiary/aromatic N) is 1. The zero-order chi connectivity index (χ0) is 18.2. The van der Waals surface area contributed by atoms with Gasteiger partial charge in [0.1, 0.15) is 6.10 Å². The van der Waals surface area contributed by atoms with Gasteiger partial charge >= 0.3 is 6.03 Å².